The molecule has 136 valence electrons. The van der Waals surface area contributed by atoms with Crippen LogP contribution in [0.15, 0.2) is 38.6 Å². The zero-order valence-electron chi connectivity index (χ0n) is 12.9. The standard InChI is InChI=1S/C9H8INO3.C5H4N4O3/c10-7-4-2-1-3-6(7)9(14)11-5-8(12)13;10-3-1-2(7-4(11)6-1)8-5(12)9-3/h1-4H,5H2,(H,11,14)(H,12,13);(H4,6,7,8,9,10,11,12). The van der Waals surface area contributed by atoms with Crippen LogP contribution in [0.25, 0.3) is 11.2 Å². The number of carbonyl (C=O) groups is 2. The van der Waals surface area contributed by atoms with Crippen LogP contribution in [0.4, 0.5) is 0 Å². The second kappa shape index (κ2) is 8.28. The lowest BCUT2D eigenvalue weighted by Gasteiger charge is -2.03. The third kappa shape index (κ3) is 4.92. The average molecular weight is 473 g/mol. The van der Waals surface area contributed by atoms with Crippen molar-refractivity contribution in [2.75, 3.05) is 6.54 Å². The molecule has 0 aliphatic rings. The van der Waals surface area contributed by atoms with Crippen molar-refractivity contribution >= 4 is 45.6 Å². The van der Waals surface area contributed by atoms with Gasteiger partial charge in [0, 0.05) is 3.57 Å². The molecular weight excluding hydrogens is 461 g/mol. The highest BCUT2D eigenvalue weighted by atomic mass is 127. The van der Waals surface area contributed by atoms with Gasteiger partial charge in [0.2, 0.25) is 0 Å². The molecule has 0 unspecified atom stereocenters. The van der Waals surface area contributed by atoms with Crippen LogP contribution in [0, 0.1) is 3.57 Å². The summed E-state index contributed by atoms with van der Waals surface area (Å²) in [6.45, 7) is -0.357. The molecule has 0 aliphatic heterocycles. The summed E-state index contributed by atoms with van der Waals surface area (Å²) in [6.07, 6.45) is 0. The molecule has 3 aromatic rings. The number of amides is 1. The first kappa shape index (κ1) is 19.2. The highest BCUT2D eigenvalue weighted by Gasteiger charge is 2.09. The molecule has 1 amide bonds. The maximum absolute atomic E-state index is 11.4. The Bertz CT molecular complexity index is 1120. The van der Waals surface area contributed by atoms with Gasteiger partial charge in [-0.25, -0.2) is 9.59 Å². The molecule has 12 heteroatoms. The number of aromatic amines is 4. The van der Waals surface area contributed by atoms with Gasteiger partial charge in [-0.05, 0) is 34.7 Å². The average Bonchev–Trinajstić information content (AvgIpc) is 2.94. The number of aliphatic carboxylic acids is 1. The number of rotatable bonds is 3. The maximum Gasteiger partial charge on any atom is 0.327 e. The molecule has 0 saturated heterocycles. The number of aromatic nitrogens is 4. The second-order valence-electron chi connectivity index (χ2n) is 4.79. The van der Waals surface area contributed by atoms with Gasteiger partial charge < -0.3 is 10.4 Å². The van der Waals surface area contributed by atoms with Crippen LogP contribution in [0.3, 0.4) is 0 Å². The number of fused-ring (bicyclic) bond motifs is 1. The van der Waals surface area contributed by atoms with Gasteiger partial charge in [-0.1, -0.05) is 12.1 Å². The van der Waals surface area contributed by atoms with E-state index in [-0.39, 0.29) is 23.6 Å². The topological polar surface area (TPSA) is 181 Å². The van der Waals surface area contributed by atoms with E-state index in [2.05, 4.69) is 20.3 Å². The zero-order valence-corrected chi connectivity index (χ0v) is 15.0. The molecular formula is C14H12IN5O6. The maximum atomic E-state index is 11.4. The fourth-order valence-corrected chi connectivity index (χ4v) is 2.49. The molecule has 0 atom stereocenters. The summed E-state index contributed by atoms with van der Waals surface area (Å²) in [5.74, 6) is -1.42. The van der Waals surface area contributed by atoms with Crippen molar-refractivity contribution in [2.45, 2.75) is 0 Å². The molecule has 0 radical (unpaired) electrons. The summed E-state index contributed by atoms with van der Waals surface area (Å²) in [6, 6.07) is 6.99. The Labute approximate surface area is 157 Å². The van der Waals surface area contributed by atoms with E-state index in [4.69, 9.17) is 5.11 Å². The van der Waals surface area contributed by atoms with Crippen LogP contribution in [0.2, 0.25) is 0 Å². The summed E-state index contributed by atoms with van der Waals surface area (Å²) in [5, 5.41) is 10.7. The van der Waals surface area contributed by atoms with Gasteiger partial charge in [0.1, 0.15) is 17.7 Å². The lowest BCUT2D eigenvalue weighted by molar-refractivity contribution is -0.135. The Morgan fingerprint density at radius 3 is 2.23 bits per heavy atom. The third-order valence-corrected chi connectivity index (χ3v) is 3.88. The first-order valence-electron chi connectivity index (χ1n) is 6.97. The van der Waals surface area contributed by atoms with E-state index in [1.807, 2.05) is 33.6 Å². The minimum absolute atomic E-state index is 0.0413. The molecule has 0 fully saturated rings. The molecule has 0 saturated carbocycles. The number of carbonyl (C=O) groups excluding carboxylic acids is 1. The number of hydrogen-bond acceptors (Lipinski definition) is 5. The Kier molecular flexibility index (Phi) is 6.11. The van der Waals surface area contributed by atoms with E-state index in [0.717, 1.165) is 3.57 Å². The highest BCUT2D eigenvalue weighted by Crippen LogP contribution is 2.10. The number of hydrogen-bond donors (Lipinski definition) is 6. The fourth-order valence-electron chi connectivity index (χ4n) is 1.85. The van der Waals surface area contributed by atoms with Gasteiger partial charge in [-0.2, -0.15) is 0 Å². The lowest BCUT2D eigenvalue weighted by Crippen LogP contribution is -2.29. The van der Waals surface area contributed by atoms with Gasteiger partial charge in [-0.3, -0.25) is 34.3 Å². The van der Waals surface area contributed by atoms with E-state index >= 15 is 0 Å². The Morgan fingerprint density at radius 2 is 1.62 bits per heavy atom. The molecule has 6 N–H and O–H groups in total. The molecule has 0 spiro atoms. The number of benzene rings is 1. The van der Waals surface area contributed by atoms with Crippen molar-refractivity contribution in [3.8, 4) is 0 Å². The zero-order chi connectivity index (χ0) is 19.3. The van der Waals surface area contributed by atoms with Gasteiger partial charge >= 0.3 is 17.3 Å². The van der Waals surface area contributed by atoms with E-state index in [0.29, 0.717) is 5.56 Å². The van der Waals surface area contributed by atoms with E-state index in [1.165, 1.54) is 0 Å². The van der Waals surface area contributed by atoms with Crippen LogP contribution in [-0.2, 0) is 4.79 Å². The van der Waals surface area contributed by atoms with Gasteiger partial charge in [0.05, 0.1) is 5.56 Å². The Morgan fingerprint density at radius 1 is 1.00 bits per heavy atom. The van der Waals surface area contributed by atoms with Crippen molar-refractivity contribution < 1.29 is 14.7 Å². The molecule has 3 rings (SSSR count). The van der Waals surface area contributed by atoms with Crippen molar-refractivity contribution in [3.63, 3.8) is 0 Å². The van der Waals surface area contributed by atoms with Gasteiger partial charge in [0.25, 0.3) is 11.5 Å². The van der Waals surface area contributed by atoms with Crippen molar-refractivity contribution in [1.29, 1.82) is 0 Å². The van der Waals surface area contributed by atoms with Gasteiger partial charge in [0.15, 0.2) is 0 Å². The van der Waals surface area contributed by atoms with Crippen molar-refractivity contribution in [2.24, 2.45) is 0 Å². The normalized spacial score (nSPS) is 10.0. The number of carboxylic acid groups (broad SMARTS) is 1. The fraction of sp³-hybridized carbons (Fsp3) is 0.0714. The summed E-state index contributed by atoms with van der Waals surface area (Å²) in [5.41, 5.74) is -1.16. The van der Waals surface area contributed by atoms with E-state index in [9.17, 15) is 24.0 Å². The first-order chi connectivity index (χ1) is 12.3. The number of imidazole rings is 1. The SMILES string of the molecule is O=C(O)CNC(=O)c1ccccc1I.O=c1[nH]c(=O)c2[nH]c(=O)[nH]c2[nH]1. The first-order valence-corrected chi connectivity index (χ1v) is 8.05. The number of carboxylic acids is 1. The predicted molar refractivity (Wildman–Crippen MR) is 99.3 cm³/mol. The third-order valence-electron chi connectivity index (χ3n) is 2.94. The minimum atomic E-state index is -1.05. The summed E-state index contributed by atoms with van der Waals surface area (Å²) >= 11 is 2.02. The molecule has 0 bridgehead atoms. The quantitative estimate of drug-likeness (QED) is 0.275. The predicted octanol–water partition coefficient (Wildman–Crippen LogP) is -0.662. The van der Waals surface area contributed by atoms with Crippen molar-refractivity contribution in [3.05, 3.63) is 64.7 Å². The van der Waals surface area contributed by atoms with Crippen LogP contribution in [0.1, 0.15) is 10.4 Å². The van der Waals surface area contributed by atoms with Crippen LogP contribution in [0.5, 0.6) is 0 Å². The Hall–Kier alpha value is -3.16. The van der Waals surface area contributed by atoms with Crippen LogP contribution >= 0.6 is 22.6 Å². The molecule has 0 aliphatic carbocycles. The minimum Gasteiger partial charge on any atom is -0.480 e. The monoisotopic (exact) mass is 473 g/mol. The molecule has 1 aromatic carbocycles. The summed E-state index contributed by atoms with van der Waals surface area (Å²) in [7, 11) is 0. The largest absolute Gasteiger partial charge is 0.480 e. The molecule has 11 nitrogen and oxygen atoms in total. The summed E-state index contributed by atoms with van der Waals surface area (Å²) < 4.78 is 0.799. The van der Waals surface area contributed by atoms with E-state index < -0.39 is 22.9 Å². The second-order valence-corrected chi connectivity index (χ2v) is 5.96. The molecule has 2 aromatic heterocycles. The molecule has 26 heavy (non-hydrogen) atoms. The number of nitrogens with one attached hydrogen (secondary N) is 5. The van der Waals surface area contributed by atoms with Gasteiger partial charge in [-0.15, -0.1) is 0 Å². The number of H-pyrrole nitrogens is 4. The number of halogens is 1. The van der Waals surface area contributed by atoms with Crippen LogP contribution < -0.4 is 22.3 Å². The summed E-state index contributed by atoms with van der Waals surface area (Å²) in [4.78, 5) is 62.6. The highest BCUT2D eigenvalue weighted by molar-refractivity contribution is 14.1. The molecule has 2 heterocycles. The van der Waals surface area contributed by atoms with Crippen molar-refractivity contribution in [1.82, 2.24) is 25.3 Å². The Balaban J connectivity index is 0.000000189. The lowest BCUT2D eigenvalue weighted by atomic mass is 10.2. The smallest absolute Gasteiger partial charge is 0.327 e. The van der Waals surface area contributed by atoms with E-state index in [1.54, 1.807) is 18.2 Å². The van der Waals surface area contributed by atoms with Crippen LogP contribution in [-0.4, -0.2) is 43.5 Å².